The number of carbonyl (C=O) groups excluding carboxylic acids is 3. The average Bonchev–Trinajstić information content (AvgIpc) is 3.21. The molecule has 0 saturated carbocycles. The molecule has 2 N–H and O–H groups in total. The highest BCUT2D eigenvalue weighted by Gasteiger charge is 2.44. The van der Waals surface area contributed by atoms with E-state index in [2.05, 4.69) is 15.9 Å². The number of primary sulfonamides is 1. The molecule has 10 nitrogen and oxygen atoms in total. The van der Waals surface area contributed by atoms with Crippen LogP contribution in [0.4, 0.5) is 5.69 Å². The molecule has 3 amide bonds. The van der Waals surface area contributed by atoms with Gasteiger partial charge < -0.3 is 14.4 Å². The van der Waals surface area contributed by atoms with Gasteiger partial charge >= 0.3 is 0 Å². The van der Waals surface area contributed by atoms with Gasteiger partial charge in [0, 0.05) is 16.6 Å². The van der Waals surface area contributed by atoms with E-state index in [-0.39, 0.29) is 23.4 Å². The fourth-order valence-electron chi connectivity index (χ4n) is 4.35. The van der Waals surface area contributed by atoms with Crippen molar-refractivity contribution in [2.24, 2.45) is 5.14 Å². The number of ether oxygens (including phenoxy) is 2. The summed E-state index contributed by atoms with van der Waals surface area (Å²) in [6, 6.07) is 16.3. The molecular formula is C27H26BrN3O7S. The molecule has 0 aromatic heterocycles. The van der Waals surface area contributed by atoms with Crippen LogP contribution < -0.4 is 19.5 Å². The van der Waals surface area contributed by atoms with Gasteiger partial charge in [0.1, 0.15) is 6.04 Å². The lowest BCUT2D eigenvalue weighted by molar-refractivity contribution is -0.122. The Kier molecular flexibility index (Phi) is 8.38. The zero-order valence-electron chi connectivity index (χ0n) is 21.2. The molecular weight excluding hydrogens is 590 g/mol. The van der Waals surface area contributed by atoms with Crippen LogP contribution in [-0.2, 0) is 26.0 Å². The predicted molar refractivity (Wildman–Crippen MR) is 147 cm³/mol. The number of nitrogens with two attached hydrogens (primary N) is 1. The number of nitrogens with zero attached hydrogens (tertiary/aromatic N) is 2. The fourth-order valence-corrected chi connectivity index (χ4v) is 5.13. The number of sulfonamides is 1. The van der Waals surface area contributed by atoms with Gasteiger partial charge in [-0.15, -0.1) is 0 Å². The van der Waals surface area contributed by atoms with Crippen LogP contribution in [0.3, 0.4) is 0 Å². The SMILES string of the molecule is COc1ccc(C(=O)N(CCc2ccc(S(N)(=O)=O)cc2)C2CC(=O)N(c3ccc(Br)cc3)C2=O)cc1OC. The van der Waals surface area contributed by atoms with Crippen LogP contribution in [0.15, 0.2) is 76.1 Å². The number of anilines is 1. The quantitative estimate of drug-likeness (QED) is 0.365. The molecule has 39 heavy (non-hydrogen) atoms. The van der Waals surface area contributed by atoms with Gasteiger partial charge in [0.2, 0.25) is 15.9 Å². The Morgan fingerprint density at radius 1 is 1.00 bits per heavy atom. The Balaban J connectivity index is 1.66. The summed E-state index contributed by atoms with van der Waals surface area (Å²) in [6.45, 7) is 0.0831. The number of hydrogen-bond acceptors (Lipinski definition) is 7. The molecule has 0 radical (unpaired) electrons. The standard InChI is InChI=1S/C27H26BrN3O7S/c1-37-23-12-5-18(15-24(23)38-2)26(33)30(14-13-17-3-10-21(11-4-17)39(29,35)36)22-16-25(32)31(27(22)34)20-8-6-19(28)7-9-20/h3-12,15,22H,13-14,16H2,1-2H3,(H2,29,35,36). The van der Waals surface area contributed by atoms with Crippen molar-refractivity contribution in [3.8, 4) is 11.5 Å². The summed E-state index contributed by atoms with van der Waals surface area (Å²) < 4.78 is 34.6. The minimum absolute atomic E-state index is 0.0359. The zero-order chi connectivity index (χ0) is 28.3. The van der Waals surface area contributed by atoms with E-state index in [0.717, 1.165) is 9.37 Å². The highest BCUT2D eigenvalue weighted by atomic mass is 79.9. The van der Waals surface area contributed by atoms with Gasteiger partial charge in [-0.05, 0) is 66.6 Å². The third-order valence-corrected chi connectivity index (χ3v) is 7.83. The van der Waals surface area contributed by atoms with Crippen LogP contribution in [0, 0.1) is 0 Å². The molecule has 0 bridgehead atoms. The highest BCUT2D eigenvalue weighted by Crippen LogP contribution is 2.31. The van der Waals surface area contributed by atoms with E-state index in [1.54, 1.807) is 48.5 Å². The van der Waals surface area contributed by atoms with Crippen LogP contribution in [0.2, 0.25) is 0 Å². The predicted octanol–water partition coefficient (Wildman–Crippen LogP) is 3.13. The third-order valence-electron chi connectivity index (χ3n) is 6.37. The van der Waals surface area contributed by atoms with Gasteiger partial charge in [0.25, 0.3) is 11.8 Å². The lowest BCUT2D eigenvalue weighted by Crippen LogP contribution is -2.46. The molecule has 1 fully saturated rings. The maximum atomic E-state index is 13.8. The van der Waals surface area contributed by atoms with E-state index in [9.17, 15) is 22.8 Å². The molecule has 0 aliphatic carbocycles. The molecule has 1 heterocycles. The maximum Gasteiger partial charge on any atom is 0.257 e. The molecule has 1 aliphatic rings. The minimum atomic E-state index is -3.85. The van der Waals surface area contributed by atoms with Crippen molar-refractivity contribution < 1.29 is 32.3 Å². The van der Waals surface area contributed by atoms with Crippen LogP contribution in [-0.4, -0.2) is 57.8 Å². The summed E-state index contributed by atoms with van der Waals surface area (Å²) in [7, 11) is -0.924. The Morgan fingerprint density at radius 3 is 2.23 bits per heavy atom. The minimum Gasteiger partial charge on any atom is -0.493 e. The van der Waals surface area contributed by atoms with Crippen molar-refractivity contribution in [1.29, 1.82) is 0 Å². The topological polar surface area (TPSA) is 136 Å². The van der Waals surface area contributed by atoms with E-state index in [1.165, 1.54) is 37.3 Å². The normalized spacial score (nSPS) is 15.4. The summed E-state index contributed by atoms with van der Waals surface area (Å²) in [6.07, 6.45) is 0.110. The number of hydrogen-bond donors (Lipinski definition) is 1. The number of halogens is 1. The van der Waals surface area contributed by atoms with Crippen molar-refractivity contribution in [1.82, 2.24) is 4.90 Å². The van der Waals surface area contributed by atoms with Crippen LogP contribution >= 0.6 is 15.9 Å². The summed E-state index contributed by atoms with van der Waals surface area (Å²) in [5.74, 6) is -0.632. The molecule has 0 spiro atoms. The molecule has 3 aromatic rings. The van der Waals surface area contributed by atoms with Gasteiger partial charge in [0.15, 0.2) is 11.5 Å². The number of imide groups is 1. The number of benzene rings is 3. The lowest BCUT2D eigenvalue weighted by Gasteiger charge is -2.28. The Bertz CT molecular complexity index is 1510. The summed E-state index contributed by atoms with van der Waals surface area (Å²) >= 11 is 3.34. The number of amides is 3. The number of rotatable bonds is 9. The second kappa shape index (κ2) is 11.6. The van der Waals surface area contributed by atoms with E-state index in [1.807, 2.05) is 0 Å². The first-order chi connectivity index (χ1) is 18.5. The Hall–Kier alpha value is -3.74. The smallest absolute Gasteiger partial charge is 0.257 e. The highest BCUT2D eigenvalue weighted by molar-refractivity contribution is 9.10. The second-order valence-electron chi connectivity index (χ2n) is 8.77. The fraction of sp³-hybridized carbons (Fsp3) is 0.222. The first-order valence-corrected chi connectivity index (χ1v) is 14.1. The first-order valence-electron chi connectivity index (χ1n) is 11.8. The molecule has 204 valence electrons. The van der Waals surface area contributed by atoms with Crippen molar-refractivity contribution in [2.75, 3.05) is 25.7 Å². The van der Waals surface area contributed by atoms with Gasteiger partial charge in [-0.2, -0.15) is 0 Å². The van der Waals surface area contributed by atoms with Gasteiger partial charge in [-0.25, -0.2) is 18.5 Å². The van der Waals surface area contributed by atoms with E-state index in [0.29, 0.717) is 29.2 Å². The molecule has 1 aliphatic heterocycles. The van der Waals surface area contributed by atoms with E-state index < -0.39 is 33.8 Å². The summed E-state index contributed by atoms with van der Waals surface area (Å²) in [5.41, 5.74) is 1.38. The molecule has 3 aromatic carbocycles. The third kappa shape index (κ3) is 6.13. The maximum absolute atomic E-state index is 13.8. The van der Waals surface area contributed by atoms with E-state index >= 15 is 0 Å². The Morgan fingerprint density at radius 2 is 1.64 bits per heavy atom. The van der Waals surface area contributed by atoms with Crippen molar-refractivity contribution in [2.45, 2.75) is 23.8 Å². The average molecular weight is 616 g/mol. The lowest BCUT2D eigenvalue weighted by atomic mass is 10.1. The van der Waals surface area contributed by atoms with Crippen LogP contribution in [0.5, 0.6) is 11.5 Å². The summed E-state index contributed by atoms with van der Waals surface area (Å²) in [5, 5.41) is 5.18. The molecule has 1 atom stereocenters. The van der Waals surface area contributed by atoms with Gasteiger partial charge in [-0.3, -0.25) is 14.4 Å². The van der Waals surface area contributed by atoms with Crippen molar-refractivity contribution in [3.05, 3.63) is 82.3 Å². The van der Waals surface area contributed by atoms with Crippen molar-refractivity contribution >= 4 is 49.4 Å². The number of methoxy groups -OCH3 is 2. The molecule has 4 rings (SSSR count). The first kappa shape index (κ1) is 28.3. The molecule has 1 unspecified atom stereocenters. The summed E-state index contributed by atoms with van der Waals surface area (Å²) in [4.78, 5) is 42.7. The molecule has 1 saturated heterocycles. The van der Waals surface area contributed by atoms with Crippen LogP contribution in [0.1, 0.15) is 22.3 Å². The van der Waals surface area contributed by atoms with Gasteiger partial charge in [0.05, 0.1) is 31.2 Å². The van der Waals surface area contributed by atoms with Gasteiger partial charge in [-0.1, -0.05) is 28.1 Å². The van der Waals surface area contributed by atoms with E-state index in [4.69, 9.17) is 14.6 Å². The van der Waals surface area contributed by atoms with Crippen LogP contribution in [0.25, 0.3) is 0 Å². The monoisotopic (exact) mass is 615 g/mol. The molecule has 12 heteroatoms. The number of carbonyl (C=O) groups is 3. The second-order valence-corrected chi connectivity index (χ2v) is 11.2. The van der Waals surface area contributed by atoms with Crippen molar-refractivity contribution in [3.63, 3.8) is 0 Å². The Labute approximate surface area is 234 Å². The largest absolute Gasteiger partial charge is 0.493 e. The zero-order valence-corrected chi connectivity index (χ0v) is 23.6.